The molecular formula is C15H21N3. The van der Waals surface area contributed by atoms with Crippen LogP contribution in [0.5, 0.6) is 0 Å². The molecule has 0 unspecified atom stereocenters. The Balaban J connectivity index is 2.15. The first kappa shape index (κ1) is 12.8. The van der Waals surface area contributed by atoms with Crippen LogP contribution in [0.2, 0.25) is 0 Å². The molecule has 0 saturated carbocycles. The summed E-state index contributed by atoms with van der Waals surface area (Å²) in [5.74, 6) is 1.04. The van der Waals surface area contributed by atoms with Crippen molar-refractivity contribution < 1.29 is 0 Å². The van der Waals surface area contributed by atoms with Crippen LogP contribution in [0.15, 0.2) is 36.7 Å². The van der Waals surface area contributed by atoms with Crippen molar-refractivity contribution in [1.82, 2.24) is 14.5 Å². The molecule has 0 atom stereocenters. The van der Waals surface area contributed by atoms with Gasteiger partial charge >= 0.3 is 0 Å². The maximum absolute atomic E-state index is 4.48. The van der Waals surface area contributed by atoms with Gasteiger partial charge in [0.05, 0.1) is 0 Å². The van der Waals surface area contributed by atoms with Crippen LogP contribution in [-0.2, 0) is 6.42 Å². The lowest BCUT2D eigenvalue weighted by Crippen LogP contribution is -2.14. The second-order valence-electron chi connectivity index (χ2n) is 4.92. The van der Waals surface area contributed by atoms with Gasteiger partial charge in [-0.25, -0.2) is 4.98 Å². The zero-order chi connectivity index (χ0) is 13.0. The molecule has 0 aliphatic rings. The summed E-state index contributed by atoms with van der Waals surface area (Å²) in [5.41, 5.74) is 2.54. The van der Waals surface area contributed by atoms with Crippen molar-refractivity contribution in [2.75, 3.05) is 20.6 Å². The summed E-state index contributed by atoms with van der Waals surface area (Å²) in [7, 11) is 4.23. The molecule has 2 aromatic rings. The predicted octanol–water partition coefficient (Wildman–Crippen LogP) is 2.67. The van der Waals surface area contributed by atoms with Crippen LogP contribution in [-0.4, -0.2) is 35.1 Å². The van der Waals surface area contributed by atoms with Crippen molar-refractivity contribution in [3.63, 3.8) is 0 Å². The van der Waals surface area contributed by atoms with E-state index >= 15 is 0 Å². The summed E-state index contributed by atoms with van der Waals surface area (Å²) in [6.45, 7) is 3.22. The van der Waals surface area contributed by atoms with Crippen LogP contribution >= 0.6 is 0 Å². The highest BCUT2D eigenvalue weighted by Gasteiger charge is 2.06. The van der Waals surface area contributed by atoms with E-state index in [9.17, 15) is 0 Å². The second-order valence-corrected chi connectivity index (χ2v) is 4.92. The Morgan fingerprint density at radius 3 is 2.78 bits per heavy atom. The molecule has 0 aromatic carbocycles. The van der Waals surface area contributed by atoms with E-state index in [2.05, 4.69) is 59.9 Å². The van der Waals surface area contributed by atoms with Gasteiger partial charge in [-0.05, 0) is 64.2 Å². The molecular weight excluding hydrogens is 222 g/mol. The van der Waals surface area contributed by atoms with Gasteiger partial charge in [-0.1, -0.05) is 6.07 Å². The van der Waals surface area contributed by atoms with Crippen molar-refractivity contribution in [2.45, 2.75) is 19.8 Å². The van der Waals surface area contributed by atoms with Gasteiger partial charge in [0, 0.05) is 18.1 Å². The van der Waals surface area contributed by atoms with Gasteiger partial charge in [0.1, 0.15) is 5.82 Å². The maximum Gasteiger partial charge on any atom is 0.139 e. The third kappa shape index (κ3) is 2.99. The average Bonchev–Trinajstić information content (AvgIpc) is 2.77. The van der Waals surface area contributed by atoms with E-state index in [0.717, 1.165) is 18.8 Å². The molecule has 0 spiro atoms. The van der Waals surface area contributed by atoms with Gasteiger partial charge in [-0.3, -0.25) is 0 Å². The van der Waals surface area contributed by atoms with Gasteiger partial charge in [-0.2, -0.15) is 0 Å². The van der Waals surface area contributed by atoms with Gasteiger partial charge in [0.15, 0.2) is 0 Å². The van der Waals surface area contributed by atoms with E-state index in [1.54, 1.807) is 0 Å². The molecule has 0 aliphatic heterocycles. The molecule has 2 aromatic heterocycles. The fourth-order valence-corrected chi connectivity index (χ4v) is 2.13. The Kier molecular flexibility index (Phi) is 4.15. The lowest BCUT2D eigenvalue weighted by Gasteiger charge is -2.12. The third-order valence-electron chi connectivity index (χ3n) is 3.08. The van der Waals surface area contributed by atoms with Gasteiger partial charge in [-0.15, -0.1) is 0 Å². The SMILES string of the molecule is Cc1cccnc1-n1cccc1CCCN(C)C. The molecule has 0 radical (unpaired) electrons. The second kappa shape index (κ2) is 5.83. The molecule has 0 saturated heterocycles. The highest BCUT2D eigenvalue weighted by atomic mass is 15.1. The number of hydrogen-bond acceptors (Lipinski definition) is 2. The number of nitrogens with zero attached hydrogens (tertiary/aromatic N) is 3. The number of hydrogen-bond donors (Lipinski definition) is 0. The van der Waals surface area contributed by atoms with E-state index in [4.69, 9.17) is 0 Å². The van der Waals surface area contributed by atoms with E-state index in [-0.39, 0.29) is 0 Å². The molecule has 0 aliphatic carbocycles. The van der Waals surface area contributed by atoms with E-state index in [1.165, 1.54) is 17.7 Å². The molecule has 0 fully saturated rings. The van der Waals surface area contributed by atoms with Crippen molar-refractivity contribution in [2.24, 2.45) is 0 Å². The third-order valence-corrected chi connectivity index (χ3v) is 3.08. The first-order chi connectivity index (χ1) is 8.68. The van der Waals surface area contributed by atoms with Crippen molar-refractivity contribution in [3.8, 4) is 5.82 Å². The van der Waals surface area contributed by atoms with Crippen molar-refractivity contribution >= 4 is 0 Å². The Bertz CT molecular complexity index is 500. The molecule has 0 amide bonds. The Morgan fingerprint density at radius 1 is 1.22 bits per heavy atom. The van der Waals surface area contributed by atoms with Crippen LogP contribution in [0, 0.1) is 6.92 Å². The summed E-state index contributed by atoms with van der Waals surface area (Å²) in [6, 6.07) is 8.36. The van der Waals surface area contributed by atoms with Crippen LogP contribution in [0.25, 0.3) is 5.82 Å². The standard InChI is InChI=1S/C15H21N3/c1-13-7-4-10-16-15(13)18-12-6-9-14(18)8-5-11-17(2)3/h4,6-7,9-10,12H,5,8,11H2,1-3H3. The lowest BCUT2D eigenvalue weighted by atomic mass is 10.2. The molecule has 2 rings (SSSR count). The number of pyridine rings is 1. The van der Waals surface area contributed by atoms with E-state index in [0.29, 0.717) is 0 Å². The highest BCUT2D eigenvalue weighted by Crippen LogP contribution is 2.15. The lowest BCUT2D eigenvalue weighted by molar-refractivity contribution is 0.399. The molecule has 3 heteroatoms. The van der Waals surface area contributed by atoms with Crippen molar-refractivity contribution in [1.29, 1.82) is 0 Å². The molecule has 18 heavy (non-hydrogen) atoms. The normalized spacial score (nSPS) is 11.1. The number of rotatable bonds is 5. The van der Waals surface area contributed by atoms with Crippen molar-refractivity contribution in [3.05, 3.63) is 47.9 Å². The summed E-state index contributed by atoms with van der Waals surface area (Å²) >= 11 is 0. The zero-order valence-corrected chi connectivity index (χ0v) is 11.4. The van der Waals surface area contributed by atoms with Crippen LogP contribution in [0.1, 0.15) is 17.7 Å². The quantitative estimate of drug-likeness (QED) is 0.805. The minimum absolute atomic E-state index is 1.04. The summed E-state index contributed by atoms with van der Waals surface area (Å²) < 4.78 is 2.20. The largest absolute Gasteiger partial charge is 0.309 e. The molecule has 0 N–H and O–H groups in total. The van der Waals surface area contributed by atoms with Crippen LogP contribution in [0.4, 0.5) is 0 Å². The van der Waals surface area contributed by atoms with Gasteiger partial charge in [0.2, 0.25) is 0 Å². The summed E-state index contributed by atoms with van der Waals surface area (Å²) in [4.78, 5) is 6.70. The Labute approximate surface area is 109 Å². The smallest absolute Gasteiger partial charge is 0.139 e. The summed E-state index contributed by atoms with van der Waals surface area (Å²) in [5, 5.41) is 0. The van der Waals surface area contributed by atoms with E-state index < -0.39 is 0 Å². The van der Waals surface area contributed by atoms with Gasteiger partial charge in [0.25, 0.3) is 0 Å². The first-order valence-corrected chi connectivity index (χ1v) is 6.41. The first-order valence-electron chi connectivity index (χ1n) is 6.41. The fraction of sp³-hybridized carbons (Fsp3) is 0.400. The van der Waals surface area contributed by atoms with Gasteiger partial charge < -0.3 is 9.47 Å². The van der Waals surface area contributed by atoms with E-state index in [1.807, 2.05) is 12.3 Å². The van der Waals surface area contributed by atoms with Crippen LogP contribution < -0.4 is 0 Å². The average molecular weight is 243 g/mol. The number of aromatic nitrogens is 2. The fourth-order valence-electron chi connectivity index (χ4n) is 2.13. The van der Waals surface area contributed by atoms with Crippen LogP contribution in [0.3, 0.4) is 0 Å². The minimum Gasteiger partial charge on any atom is -0.309 e. The minimum atomic E-state index is 1.04. The monoisotopic (exact) mass is 243 g/mol. The Hall–Kier alpha value is -1.61. The Morgan fingerprint density at radius 2 is 2.06 bits per heavy atom. The predicted molar refractivity (Wildman–Crippen MR) is 75.2 cm³/mol. The molecule has 3 nitrogen and oxygen atoms in total. The molecule has 2 heterocycles. The number of aryl methyl sites for hydroxylation is 2. The molecule has 96 valence electrons. The maximum atomic E-state index is 4.48. The molecule has 0 bridgehead atoms. The highest BCUT2D eigenvalue weighted by molar-refractivity contribution is 5.35. The zero-order valence-electron chi connectivity index (χ0n) is 11.4. The summed E-state index contributed by atoms with van der Waals surface area (Å²) in [6.07, 6.45) is 6.20. The topological polar surface area (TPSA) is 21.1 Å².